The molecular formula is C20H27F3N2O3. The molecule has 28 heavy (non-hydrogen) atoms. The summed E-state index contributed by atoms with van der Waals surface area (Å²) in [6.07, 6.45) is -4.55. The van der Waals surface area contributed by atoms with Gasteiger partial charge in [-0.1, -0.05) is 19.1 Å². The zero-order chi connectivity index (χ0) is 21.1. The van der Waals surface area contributed by atoms with Gasteiger partial charge in [0.25, 0.3) is 0 Å². The van der Waals surface area contributed by atoms with Gasteiger partial charge in [0.05, 0.1) is 5.56 Å². The van der Waals surface area contributed by atoms with Crippen molar-refractivity contribution < 1.29 is 27.5 Å². The minimum absolute atomic E-state index is 0.0729. The van der Waals surface area contributed by atoms with E-state index in [0.717, 1.165) is 12.1 Å². The predicted molar refractivity (Wildman–Crippen MR) is 98.9 cm³/mol. The Morgan fingerprint density at radius 2 is 1.50 bits per heavy atom. The quantitative estimate of drug-likeness (QED) is 0.761. The molecule has 2 amide bonds. The van der Waals surface area contributed by atoms with Crippen LogP contribution in [0.5, 0.6) is 0 Å². The topological polar surface area (TPSA) is 49.9 Å². The molecule has 1 aromatic rings. The molecule has 5 nitrogen and oxygen atoms in total. The zero-order valence-corrected chi connectivity index (χ0v) is 16.7. The first-order chi connectivity index (χ1) is 12.9. The first-order valence-electron chi connectivity index (χ1n) is 9.29. The normalized spacial score (nSPS) is 16.7. The van der Waals surface area contributed by atoms with Crippen molar-refractivity contribution in [3.8, 4) is 0 Å². The van der Waals surface area contributed by atoms with E-state index >= 15 is 0 Å². The average Bonchev–Trinajstić information content (AvgIpc) is 2.59. The van der Waals surface area contributed by atoms with Crippen molar-refractivity contribution in [1.29, 1.82) is 0 Å². The molecular weight excluding hydrogens is 373 g/mol. The Morgan fingerprint density at radius 3 is 1.96 bits per heavy atom. The highest BCUT2D eigenvalue weighted by Crippen LogP contribution is 2.30. The molecule has 0 aliphatic carbocycles. The summed E-state index contributed by atoms with van der Waals surface area (Å²) < 4.78 is 43.3. The Morgan fingerprint density at radius 1 is 1.00 bits per heavy atom. The van der Waals surface area contributed by atoms with E-state index in [1.807, 2.05) is 6.92 Å². The second kappa shape index (κ2) is 8.41. The van der Waals surface area contributed by atoms with Crippen LogP contribution in [0.15, 0.2) is 24.3 Å². The van der Waals surface area contributed by atoms with Gasteiger partial charge in [-0.25, -0.2) is 4.79 Å². The SMILES string of the molecule is CC(CC(=O)N1CCN(C(=O)OC(C)(C)C)CC1)c1ccc(C(F)(F)F)cc1. The maximum Gasteiger partial charge on any atom is 0.416 e. The van der Waals surface area contributed by atoms with Crippen LogP contribution in [-0.4, -0.2) is 53.6 Å². The highest BCUT2D eigenvalue weighted by Gasteiger charge is 2.31. The summed E-state index contributed by atoms with van der Waals surface area (Å²) in [6, 6.07) is 4.91. The molecule has 1 fully saturated rings. The van der Waals surface area contributed by atoms with Gasteiger partial charge < -0.3 is 14.5 Å². The number of carbonyl (C=O) groups excluding carboxylic acids is 2. The third-order valence-electron chi connectivity index (χ3n) is 4.57. The Balaban J connectivity index is 1.86. The number of rotatable bonds is 3. The molecule has 8 heteroatoms. The van der Waals surface area contributed by atoms with Crippen molar-refractivity contribution >= 4 is 12.0 Å². The maximum absolute atomic E-state index is 12.7. The minimum Gasteiger partial charge on any atom is -0.444 e. The lowest BCUT2D eigenvalue weighted by atomic mass is 9.96. The van der Waals surface area contributed by atoms with Crippen LogP contribution in [0.1, 0.15) is 51.2 Å². The second-order valence-corrected chi connectivity index (χ2v) is 8.07. The number of alkyl halides is 3. The van der Waals surface area contributed by atoms with Crippen LogP contribution in [0.4, 0.5) is 18.0 Å². The smallest absolute Gasteiger partial charge is 0.416 e. The van der Waals surface area contributed by atoms with Crippen LogP contribution >= 0.6 is 0 Å². The van der Waals surface area contributed by atoms with Gasteiger partial charge in [-0.2, -0.15) is 13.2 Å². The van der Waals surface area contributed by atoms with Crippen molar-refractivity contribution in [2.75, 3.05) is 26.2 Å². The largest absolute Gasteiger partial charge is 0.444 e. The molecule has 1 unspecified atom stereocenters. The predicted octanol–water partition coefficient (Wildman–Crippen LogP) is 4.28. The lowest BCUT2D eigenvalue weighted by Gasteiger charge is -2.36. The van der Waals surface area contributed by atoms with Crippen LogP contribution in [-0.2, 0) is 15.7 Å². The summed E-state index contributed by atoms with van der Waals surface area (Å²) in [6.45, 7) is 8.84. The first kappa shape index (κ1) is 22.0. The van der Waals surface area contributed by atoms with E-state index in [1.54, 1.807) is 30.6 Å². The van der Waals surface area contributed by atoms with Crippen LogP contribution < -0.4 is 0 Å². The number of carbonyl (C=O) groups is 2. The molecule has 1 aliphatic heterocycles. The van der Waals surface area contributed by atoms with Gasteiger partial charge in [0.1, 0.15) is 5.60 Å². The van der Waals surface area contributed by atoms with Gasteiger partial charge in [0, 0.05) is 32.6 Å². The molecule has 0 saturated carbocycles. The van der Waals surface area contributed by atoms with E-state index in [0.29, 0.717) is 31.7 Å². The molecule has 1 aliphatic rings. The highest BCUT2D eigenvalue weighted by atomic mass is 19.4. The number of halogens is 3. The van der Waals surface area contributed by atoms with Crippen molar-refractivity contribution in [1.82, 2.24) is 9.80 Å². The van der Waals surface area contributed by atoms with Gasteiger partial charge >= 0.3 is 12.3 Å². The Labute approximate surface area is 163 Å². The molecule has 0 aromatic heterocycles. The number of amides is 2. The summed E-state index contributed by atoms with van der Waals surface area (Å²) in [7, 11) is 0. The van der Waals surface area contributed by atoms with Gasteiger partial charge in [0.15, 0.2) is 0 Å². The van der Waals surface area contributed by atoms with Crippen LogP contribution in [0.25, 0.3) is 0 Å². The molecule has 1 saturated heterocycles. The molecule has 0 bridgehead atoms. The lowest BCUT2D eigenvalue weighted by molar-refractivity contribution is -0.137. The fourth-order valence-electron chi connectivity index (χ4n) is 2.97. The minimum atomic E-state index is -4.37. The number of hydrogen-bond donors (Lipinski definition) is 0. The lowest BCUT2D eigenvalue weighted by Crippen LogP contribution is -2.51. The van der Waals surface area contributed by atoms with Gasteiger partial charge in [-0.3, -0.25) is 4.79 Å². The summed E-state index contributed by atoms with van der Waals surface area (Å²) >= 11 is 0. The fraction of sp³-hybridized carbons (Fsp3) is 0.600. The second-order valence-electron chi connectivity index (χ2n) is 8.07. The van der Waals surface area contributed by atoms with Gasteiger partial charge in [0.2, 0.25) is 5.91 Å². The van der Waals surface area contributed by atoms with E-state index in [-0.39, 0.29) is 18.2 Å². The molecule has 156 valence electrons. The summed E-state index contributed by atoms with van der Waals surface area (Å²) in [4.78, 5) is 27.9. The van der Waals surface area contributed by atoms with E-state index in [2.05, 4.69) is 0 Å². The van der Waals surface area contributed by atoms with Crippen LogP contribution in [0, 0.1) is 0 Å². The highest BCUT2D eigenvalue weighted by molar-refractivity contribution is 5.77. The van der Waals surface area contributed by atoms with Crippen molar-refractivity contribution in [2.24, 2.45) is 0 Å². The Kier molecular flexibility index (Phi) is 6.62. The van der Waals surface area contributed by atoms with Gasteiger partial charge in [-0.15, -0.1) is 0 Å². The number of hydrogen-bond acceptors (Lipinski definition) is 3. The number of nitrogens with zero attached hydrogens (tertiary/aromatic N) is 2. The van der Waals surface area contributed by atoms with Crippen LogP contribution in [0.2, 0.25) is 0 Å². The van der Waals surface area contributed by atoms with E-state index < -0.39 is 23.4 Å². The van der Waals surface area contributed by atoms with E-state index in [4.69, 9.17) is 4.74 Å². The number of benzene rings is 1. The Bertz CT molecular complexity index is 688. The summed E-state index contributed by atoms with van der Waals surface area (Å²) in [5.41, 5.74) is -0.581. The standard InChI is InChI=1S/C20H27F3N2O3/c1-14(15-5-7-16(8-6-15)20(21,22)23)13-17(26)24-9-11-25(12-10-24)18(27)28-19(2,3)4/h5-8,14H,9-13H2,1-4H3. The fourth-order valence-corrected chi connectivity index (χ4v) is 2.97. The van der Waals surface area contributed by atoms with Crippen LogP contribution in [0.3, 0.4) is 0 Å². The maximum atomic E-state index is 12.7. The molecule has 0 radical (unpaired) electrons. The first-order valence-corrected chi connectivity index (χ1v) is 9.29. The van der Waals surface area contributed by atoms with Crippen molar-refractivity contribution in [2.45, 2.75) is 51.8 Å². The summed E-state index contributed by atoms with van der Waals surface area (Å²) in [5.74, 6) is -0.269. The van der Waals surface area contributed by atoms with Gasteiger partial charge in [-0.05, 0) is 44.4 Å². The molecule has 1 atom stereocenters. The average molecular weight is 400 g/mol. The number of ether oxygens (including phenoxy) is 1. The Hall–Kier alpha value is -2.25. The molecule has 0 spiro atoms. The van der Waals surface area contributed by atoms with E-state index in [1.165, 1.54) is 12.1 Å². The molecule has 0 N–H and O–H groups in total. The van der Waals surface area contributed by atoms with E-state index in [9.17, 15) is 22.8 Å². The van der Waals surface area contributed by atoms with Crippen molar-refractivity contribution in [3.05, 3.63) is 35.4 Å². The van der Waals surface area contributed by atoms with Crippen molar-refractivity contribution in [3.63, 3.8) is 0 Å². The monoisotopic (exact) mass is 400 g/mol. The zero-order valence-electron chi connectivity index (χ0n) is 16.7. The summed E-state index contributed by atoms with van der Waals surface area (Å²) in [5, 5.41) is 0. The molecule has 1 heterocycles. The molecule has 2 rings (SSSR count). The molecule has 1 aromatic carbocycles. The number of piperazine rings is 1. The third kappa shape index (κ3) is 6.14. The third-order valence-corrected chi connectivity index (χ3v) is 4.57.